The molecule has 7 heteroatoms. The van der Waals surface area contributed by atoms with Crippen molar-refractivity contribution in [3.8, 4) is 11.3 Å². The van der Waals surface area contributed by atoms with Gasteiger partial charge in [0, 0.05) is 5.56 Å². The molecule has 0 amide bonds. The topological polar surface area (TPSA) is 12.9 Å². The van der Waals surface area contributed by atoms with Crippen LogP contribution in [0.2, 0.25) is 0 Å². The number of nitrogens with zero attached hydrogens (tertiary/aromatic N) is 1. The third kappa shape index (κ3) is 3.06. The number of hydrogen-bond acceptors (Lipinski definition) is 1. The van der Waals surface area contributed by atoms with E-state index in [4.69, 9.17) is 0 Å². The van der Waals surface area contributed by atoms with Crippen molar-refractivity contribution < 1.29 is 26.3 Å². The standard InChI is InChI=1S/C17H9F6N/c18-16(19,20)11-8-14(24-15(9-11)17(21,22)23)13-7-3-5-10-4-1-2-6-12(10)13/h1-9H. The minimum atomic E-state index is -4.97. The first-order valence-electron chi connectivity index (χ1n) is 6.81. The Balaban J connectivity index is 2.30. The summed E-state index contributed by atoms with van der Waals surface area (Å²) in [4.78, 5) is 3.41. The van der Waals surface area contributed by atoms with Crippen LogP contribution in [0.3, 0.4) is 0 Å². The van der Waals surface area contributed by atoms with Crippen LogP contribution in [-0.4, -0.2) is 4.98 Å². The molecule has 0 N–H and O–H groups in total. The Labute approximate surface area is 132 Å². The third-order valence-electron chi connectivity index (χ3n) is 3.51. The Morgan fingerprint density at radius 3 is 2.04 bits per heavy atom. The quantitative estimate of drug-likeness (QED) is 0.499. The Morgan fingerprint density at radius 1 is 0.708 bits per heavy atom. The maximum atomic E-state index is 13.0. The van der Waals surface area contributed by atoms with Crippen LogP contribution in [0.5, 0.6) is 0 Å². The average molecular weight is 341 g/mol. The van der Waals surface area contributed by atoms with Gasteiger partial charge in [0.1, 0.15) is 5.69 Å². The van der Waals surface area contributed by atoms with E-state index in [1.54, 1.807) is 36.4 Å². The Hall–Kier alpha value is -2.57. The normalized spacial score (nSPS) is 12.6. The van der Waals surface area contributed by atoms with Crippen molar-refractivity contribution in [1.29, 1.82) is 0 Å². The maximum absolute atomic E-state index is 13.0. The number of hydrogen-bond donors (Lipinski definition) is 0. The molecular weight excluding hydrogens is 332 g/mol. The second-order valence-electron chi connectivity index (χ2n) is 5.15. The fourth-order valence-electron chi connectivity index (χ4n) is 2.43. The molecule has 0 spiro atoms. The summed E-state index contributed by atoms with van der Waals surface area (Å²) in [5.74, 6) is 0. The van der Waals surface area contributed by atoms with Crippen molar-refractivity contribution in [2.24, 2.45) is 0 Å². The molecule has 1 heterocycles. The van der Waals surface area contributed by atoms with E-state index in [-0.39, 0.29) is 17.3 Å². The molecule has 3 aromatic rings. The van der Waals surface area contributed by atoms with Gasteiger partial charge in [0.05, 0.1) is 11.3 Å². The van der Waals surface area contributed by atoms with Gasteiger partial charge in [0.15, 0.2) is 0 Å². The summed E-state index contributed by atoms with van der Waals surface area (Å²) in [6.07, 6.45) is -9.87. The third-order valence-corrected chi connectivity index (χ3v) is 3.51. The summed E-state index contributed by atoms with van der Waals surface area (Å²) >= 11 is 0. The first kappa shape index (κ1) is 16.3. The zero-order valence-electron chi connectivity index (χ0n) is 11.9. The molecule has 0 unspecified atom stereocenters. The lowest BCUT2D eigenvalue weighted by molar-refractivity contribution is -0.145. The number of aromatic nitrogens is 1. The lowest BCUT2D eigenvalue weighted by Crippen LogP contribution is -2.13. The molecule has 124 valence electrons. The maximum Gasteiger partial charge on any atom is 0.433 e. The highest BCUT2D eigenvalue weighted by atomic mass is 19.4. The fourth-order valence-corrected chi connectivity index (χ4v) is 2.43. The van der Waals surface area contributed by atoms with E-state index >= 15 is 0 Å². The summed E-state index contributed by atoms with van der Waals surface area (Å²) in [5, 5.41) is 1.22. The Morgan fingerprint density at radius 2 is 1.38 bits per heavy atom. The minimum Gasteiger partial charge on any atom is -0.243 e. The highest BCUT2D eigenvalue weighted by Crippen LogP contribution is 2.38. The monoisotopic (exact) mass is 341 g/mol. The smallest absolute Gasteiger partial charge is 0.243 e. The SMILES string of the molecule is FC(F)(F)c1cc(-c2cccc3ccccc23)nc(C(F)(F)F)c1. The largest absolute Gasteiger partial charge is 0.433 e. The van der Waals surface area contributed by atoms with E-state index in [1.807, 2.05) is 0 Å². The van der Waals surface area contributed by atoms with Crippen LogP contribution in [0, 0.1) is 0 Å². The molecule has 0 fully saturated rings. The van der Waals surface area contributed by atoms with Crippen LogP contribution < -0.4 is 0 Å². The molecule has 3 rings (SSSR count). The molecule has 0 bridgehead atoms. The van der Waals surface area contributed by atoms with Crippen molar-refractivity contribution in [3.05, 3.63) is 65.9 Å². The summed E-state index contributed by atoms with van der Waals surface area (Å²) in [6, 6.07) is 12.1. The molecule has 1 nitrogen and oxygen atoms in total. The molecule has 0 aliphatic rings. The van der Waals surface area contributed by atoms with Crippen LogP contribution in [0.1, 0.15) is 11.3 Å². The number of fused-ring (bicyclic) bond motifs is 1. The Kier molecular flexibility index (Phi) is 3.74. The van der Waals surface area contributed by atoms with Crippen LogP contribution in [0.15, 0.2) is 54.6 Å². The number of benzene rings is 2. The number of halogens is 6. The van der Waals surface area contributed by atoms with Gasteiger partial charge in [-0.1, -0.05) is 42.5 Å². The van der Waals surface area contributed by atoms with Crippen molar-refractivity contribution in [2.75, 3.05) is 0 Å². The van der Waals surface area contributed by atoms with Gasteiger partial charge in [-0.05, 0) is 22.9 Å². The number of rotatable bonds is 1. The molecule has 0 aliphatic heterocycles. The molecular formula is C17H9F6N. The predicted molar refractivity (Wildman–Crippen MR) is 77.2 cm³/mol. The van der Waals surface area contributed by atoms with E-state index in [0.29, 0.717) is 16.8 Å². The van der Waals surface area contributed by atoms with Gasteiger partial charge in [-0.15, -0.1) is 0 Å². The van der Waals surface area contributed by atoms with Gasteiger partial charge in [0.25, 0.3) is 0 Å². The van der Waals surface area contributed by atoms with E-state index < -0.39 is 23.6 Å². The van der Waals surface area contributed by atoms with Crippen LogP contribution >= 0.6 is 0 Å². The van der Waals surface area contributed by atoms with Crippen LogP contribution in [-0.2, 0) is 12.4 Å². The van der Waals surface area contributed by atoms with Crippen molar-refractivity contribution in [1.82, 2.24) is 4.98 Å². The van der Waals surface area contributed by atoms with E-state index in [1.165, 1.54) is 6.07 Å². The van der Waals surface area contributed by atoms with Gasteiger partial charge in [-0.25, -0.2) is 4.98 Å². The highest BCUT2D eigenvalue weighted by molar-refractivity contribution is 5.95. The zero-order chi connectivity index (χ0) is 17.5. The van der Waals surface area contributed by atoms with E-state index in [0.717, 1.165) is 0 Å². The van der Waals surface area contributed by atoms with Gasteiger partial charge < -0.3 is 0 Å². The van der Waals surface area contributed by atoms with E-state index in [9.17, 15) is 26.3 Å². The second-order valence-corrected chi connectivity index (χ2v) is 5.15. The van der Waals surface area contributed by atoms with Crippen molar-refractivity contribution in [3.63, 3.8) is 0 Å². The van der Waals surface area contributed by atoms with Gasteiger partial charge in [-0.2, -0.15) is 26.3 Å². The molecule has 2 aromatic carbocycles. The first-order chi connectivity index (χ1) is 11.2. The van der Waals surface area contributed by atoms with Gasteiger partial charge in [0.2, 0.25) is 0 Å². The summed E-state index contributed by atoms with van der Waals surface area (Å²) in [6.45, 7) is 0. The zero-order valence-corrected chi connectivity index (χ0v) is 11.9. The molecule has 0 saturated carbocycles. The van der Waals surface area contributed by atoms with E-state index in [2.05, 4.69) is 4.98 Å². The molecule has 0 aliphatic carbocycles. The highest BCUT2D eigenvalue weighted by Gasteiger charge is 2.38. The van der Waals surface area contributed by atoms with Crippen LogP contribution in [0.4, 0.5) is 26.3 Å². The minimum absolute atomic E-state index is 0.0225. The lowest BCUT2D eigenvalue weighted by atomic mass is 10.0. The molecule has 0 atom stereocenters. The summed E-state index contributed by atoms with van der Waals surface area (Å²) < 4.78 is 77.7. The summed E-state index contributed by atoms with van der Waals surface area (Å²) in [5.41, 5.74) is -3.10. The Bertz CT molecular complexity index is 858. The number of pyridine rings is 1. The average Bonchev–Trinajstić information content (AvgIpc) is 2.52. The van der Waals surface area contributed by atoms with Gasteiger partial charge in [-0.3, -0.25) is 0 Å². The summed E-state index contributed by atoms with van der Waals surface area (Å²) in [7, 11) is 0. The number of alkyl halides is 6. The lowest BCUT2D eigenvalue weighted by Gasteiger charge is -2.14. The molecule has 1 aromatic heterocycles. The predicted octanol–water partition coefficient (Wildman–Crippen LogP) is 5.94. The fraction of sp³-hybridized carbons (Fsp3) is 0.118. The molecule has 0 saturated heterocycles. The van der Waals surface area contributed by atoms with Crippen molar-refractivity contribution in [2.45, 2.75) is 12.4 Å². The van der Waals surface area contributed by atoms with Crippen molar-refractivity contribution >= 4 is 10.8 Å². The molecule has 24 heavy (non-hydrogen) atoms. The van der Waals surface area contributed by atoms with Crippen LogP contribution in [0.25, 0.3) is 22.0 Å². The van der Waals surface area contributed by atoms with Gasteiger partial charge >= 0.3 is 12.4 Å². The first-order valence-corrected chi connectivity index (χ1v) is 6.81. The second kappa shape index (κ2) is 5.51. The molecule has 0 radical (unpaired) electrons.